The second-order valence-electron chi connectivity index (χ2n) is 6.13. The van der Waals surface area contributed by atoms with Crippen LogP contribution in [0.15, 0.2) is 48.5 Å². The van der Waals surface area contributed by atoms with Crippen LogP contribution in [0.1, 0.15) is 23.9 Å². The molecule has 0 bridgehead atoms. The van der Waals surface area contributed by atoms with Gasteiger partial charge in [-0.05, 0) is 51.0 Å². The monoisotopic (exact) mass is 348 g/mol. The number of hydrogen-bond donors (Lipinski definition) is 2. The topological polar surface area (TPSA) is 59.1 Å². The summed E-state index contributed by atoms with van der Waals surface area (Å²) >= 11 is 0. The molecular formula is C21H24N4O. The molecule has 0 aliphatic heterocycles. The van der Waals surface area contributed by atoms with Crippen LogP contribution in [0.2, 0.25) is 0 Å². The van der Waals surface area contributed by atoms with Crippen molar-refractivity contribution in [3.8, 4) is 5.75 Å². The molecule has 0 saturated heterocycles. The summed E-state index contributed by atoms with van der Waals surface area (Å²) in [6.07, 6.45) is 0. The van der Waals surface area contributed by atoms with Gasteiger partial charge in [-0.3, -0.25) is 0 Å². The molecule has 0 spiro atoms. The first-order valence-electron chi connectivity index (χ1n) is 8.74. The number of aryl methyl sites for hydroxylation is 3. The molecule has 2 aromatic carbocycles. The molecule has 0 saturated carbocycles. The maximum absolute atomic E-state index is 5.68. The number of aromatic nitrogens is 2. The Balaban J connectivity index is 1.89. The third-order valence-corrected chi connectivity index (χ3v) is 4.02. The van der Waals surface area contributed by atoms with E-state index in [9.17, 15) is 0 Å². The minimum atomic E-state index is 0.612. The summed E-state index contributed by atoms with van der Waals surface area (Å²) in [4.78, 5) is 9.02. The maximum Gasteiger partial charge on any atom is 0.142 e. The summed E-state index contributed by atoms with van der Waals surface area (Å²) < 4.78 is 5.68. The molecule has 5 heteroatoms. The highest BCUT2D eigenvalue weighted by Gasteiger charge is 2.08. The Labute approximate surface area is 154 Å². The molecule has 0 aliphatic carbocycles. The predicted molar refractivity (Wildman–Crippen MR) is 107 cm³/mol. The quantitative estimate of drug-likeness (QED) is 0.634. The summed E-state index contributed by atoms with van der Waals surface area (Å²) in [6, 6.07) is 16.0. The van der Waals surface area contributed by atoms with E-state index in [2.05, 4.69) is 52.6 Å². The summed E-state index contributed by atoms with van der Waals surface area (Å²) in [7, 11) is 0. The molecule has 0 fully saturated rings. The lowest BCUT2D eigenvalue weighted by Crippen LogP contribution is -2.04. The maximum atomic E-state index is 5.68. The van der Waals surface area contributed by atoms with Gasteiger partial charge in [0.25, 0.3) is 0 Å². The van der Waals surface area contributed by atoms with Crippen molar-refractivity contribution in [2.75, 3.05) is 17.2 Å². The molecule has 1 aromatic heterocycles. The number of rotatable bonds is 6. The van der Waals surface area contributed by atoms with Gasteiger partial charge in [0.2, 0.25) is 0 Å². The van der Waals surface area contributed by atoms with Gasteiger partial charge in [0, 0.05) is 11.8 Å². The molecule has 3 rings (SSSR count). The molecule has 134 valence electrons. The van der Waals surface area contributed by atoms with Crippen molar-refractivity contribution in [3.05, 3.63) is 65.5 Å². The van der Waals surface area contributed by atoms with Crippen molar-refractivity contribution < 1.29 is 4.74 Å². The molecule has 0 radical (unpaired) electrons. The molecule has 3 aromatic rings. The Kier molecular flexibility index (Phi) is 5.37. The van der Waals surface area contributed by atoms with Gasteiger partial charge >= 0.3 is 0 Å². The van der Waals surface area contributed by atoms with E-state index in [1.54, 1.807) is 0 Å². The fourth-order valence-corrected chi connectivity index (χ4v) is 2.82. The Bertz CT molecular complexity index is 888. The average Bonchev–Trinajstić information content (AvgIpc) is 2.60. The molecular weight excluding hydrogens is 324 g/mol. The third-order valence-electron chi connectivity index (χ3n) is 4.02. The zero-order valence-corrected chi connectivity index (χ0v) is 15.6. The molecule has 0 aliphatic rings. The lowest BCUT2D eigenvalue weighted by atomic mass is 10.1. The van der Waals surface area contributed by atoms with Crippen molar-refractivity contribution in [2.45, 2.75) is 27.7 Å². The summed E-state index contributed by atoms with van der Waals surface area (Å²) in [5.41, 5.74) is 4.31. The van der Waals surface area contributed by atoms with Crippen LogP contribution in [-0.2, 0) is 0 Å². The van der Waals surface area contributed by atoms with Crippen LogP contribution in [0.25, 0.3) is 0 Å². The minimum Gasteiger partial charge on any atom is -0.492 e. The standard InChI is InChI=1S/C21H24N4O/c1-5-26-18-12-7-6-11-17(18)24-19-13-20(23-16(4)22-19)25-21-14(2)9-8-10-15(21)3/h6-13H,5H2,1-4H3,(H2,22,23,24,25). The van der Waals surface area contributed by atoms with Gasteiger partial charge in [0.05, 0.1) is 12.3 Å². The normalized spacial score (nSPS) is 10.5. The van der Waals surface area contributed by atoms with Crippen molar-refractivity contribution in [1.82, 2.24) is 9.97 Å². The van der Waals surface area contributed by atoms with Gasteiger partial charge < -0.3 is 15.4 Å². The average molecular weight is 348 g/mol. The van der Waals surface area contributed by atoms with Crippen molar-refractivity contribution in [2.24, 2.45) is 0 Å². The first-order chi connectivity index (χ1) is 12.6. The highest BCUT2D eigenvalue weighted by Crippen LogP contribution is 2.29. The van der Waals surface area contributed by atoms with Gasteiger partial charge in [-0.25, -0.2) is 9.97 Å². The summed E-state index contributed by atoms with van der Waals surface area (Å²) in [5.74, 6) is 2.97. The second-order valence-corrected chi connectivity index (χ2v) is 6.13. The molecule has 0 amide bonds. The fraction of sp³-hybridized carbons (Fsp3) is 0.238. The van der Waals surface area contributed by atoms with Crippen molar-refractivity contribution >= 4 is 23.0 Å². The highest BCUT2D eigenvalue weighted by molar-refractivity contribution is 5.69. The Hall–Kier alpha value is -3.08. The van der Waals surface area contributed by atoms with Crippen molar-refractivity contribution in [1.29, 1.82) is 0 Å². The lowest BCUT2D eigenvalue weighted by Gasteiger charge is -2.15. The number of hydrogen-bond acceptors (Lipinski definition) is 5. The third kappa shape index (κ3) is 4.11. The van der Waals surface area contributed by atoms with E-state index in [-0.39, 0.29) is 0 Å². The second kappa shape index (κ2) is 7.87. The molecule has 26 heavy (non-hydrogen) atoms. The fourth-order valence-electron chi connectivity index (χ4n) is 2.82. The minimum absolute atomic E-state index is 0.612. The molecule has 0 unspecified atom stereocenters. The van der Waals surface area contributed by atoms with Gasteiger partial charge in [0.1, 0.15) is 23.2 Å². The van der Waals surface area contributed by atoms with Gasteiger partial charge in [-0.2, -0.15) is 0 Å². The Morgan fingerprint density at radius 3 is 2.19 bits per heavy atom. The van der Waals surface area contributed by atoms with E-state index >= 15 is 0 Å². The van der Waals surface area contributed by atoms with E-state index in [1.165, 1.54) is 11.1 Å². The largest absolute Gasteiger partial charge is 0.492 e. The van der Waals surface area contributed by atoms with Gasteiger partial charge in [-0.1, -0.05) is 30.3 Å². The van der Waals surface area contributed by atoms with Crippen molar-refractivity contribution in [3.63, 3.8) is 0 Å². The first-order valence-corrected chi connectivity index (χ1v) is 8.74. The molecule has 0 atom stereocenters. The van der Waals surface area contributed by atoms with E-state index < -0.39 is 0 Å². The van der Waals surface area contributed by atoms with Crippen LogP contribution < -0.4 is 15.4 Å². The smallest absolute Gasteiger partial charge is 0.142 e. The Morgan fingerprint density at radius 1 is 0.846 bits per heavy atom. The van der Waals surface area contributed by atoms with Gasteiger partial charge in [0.15, 0.2) is 0 Å². The number of anilines is 4. The highest BCUT2D eigenvalue weighted by atomic mass is 16.5. The number of para-hydroxylation sites is 3. The van der Waals surface area contributed by atoms with Crippen LogP contribution in [-0.4, -0.2) is 16.6 Å². The van der Waals surface area contributed by atoms with Crippen LogP contribution in [0.3, 0.4) is 0 Å². The van der Waals surface area contributed by atoms with E-state index in [4.69, 9.17) is 4.74 Å². The van der Waals surface area contributed by atoms with Crippen LogP contribution >= 0.6 is 0 Å². The van der Waals surface area contributed by atoms with Crippen LogP contribution in [0.5, 0.6) is 5.75 Å². The number of nitrogens with one attached hydrogen (secondary N) is 2. The molecule has 5 nitrogen and oxygen atoms in total. The van der Waals surface area contributed by atoms with E-state index in [0.717, 1.165) is 28.8 Å². The molecule has 1 heterocycles. The van der Waals surface area contributed by atoms with E-state index in [0.29, 0.717) is 12.4 Å². The number of benzene rings is 2. The lowest BCUT2D eigenvalue weighted by molar-refractivity contribution is 0.342. The predicted octanol–water partition coefficient (Wildman–Crippen LogP) is 5.29. The van der Waals surface area contributed by atoms with Crippen LogP contribution in [0, 0.1) is 20.8 Å². The van der Waals surface area contributed by atoms with Gasteiger partial charge in [-0.15, -0.1) is 0 Å². The zero-order chi connectivity index (χ0) is 18.5. The molecule has 2 N–H and O–H groups in total. The van der Waals surface area contributed by atoms with Crippen LogP contribution in [0.4, 0.5) is 23.0 Å². The SMILES string of the molecule is CCOc1ccccc1Nc1cc(Nc2c(C)cccc2C)nc(C)n1. The number of nitrogens with zero attached hydrogens (tertiary/aromatic N) is 2. The Morgan fingerprint density at radius 2 is 1.50 bits per heavy atom. The first kappa shape index (κ1) is 17.7. The zero-order valence-electron chi connectivity index (χ0n) is 15.6. The summed E-state index contributed by atoms with van der Waals surface area (Å²) in [5, 5.41) is 6.76. The van der Waals surface area contributed by atoms with E-state index in [1.807, 2.05) is 44.2 Å². The number of ether oxygens (including phenoxy) is 1. The summed E-state index contributed by atoms with van der Waals surface area (Å²) in [6.45, 7) is 8.64.